The predicted octanol–water partition coefficient (Wildman–Crippen LogP) is 3.39. The van der Waals surface area contributed by atoms with Crippen LogP contribution in [0.3, 0.4) is 0 Å². The molecule has 0 radical (unpaired) electrons. The van der Waals surface area contributed by atoms with Crippen molar-refractivity contribution in [3.63, 3.8) is 0 Å². The Morgan fingerprint density at radius 1 is 1.00 bits per heavy atom. The van der Waals surface area contributed by atoms with Crippen molar-refractivity contribution in [3.05, 3.63) is 81.9 Å². The van der Waals surface area contributed by atoms with E-state index in [1.165, 1.54) is 14.0 Å². The molecular weight excluding hydrogens is 294 g/mol. The third kappa shape index (κ3) is 3.74. The summed E-state index contributed by atoms with van der Waals surface area (Å²) < 4.78 is 4.94. The topological polar surface area (TPSA) is 69.4 Å². The largest absolute Gasteiger partial charge is 0.469 e. The first-order valence-corrected chi connectivity index (χ1v) is 7.37. The second-order valence-corrected chi connectivity index (χ2v) is 5.37. The minimum absolute atomic E-state index is 0.351. The maximum atomic E-state index is 12.4. The third-order valence-electron chi connectivity index (χ3n) is 4.01. The van der Waals surface area contributed by atoms with Crippen LogP contribution in [0.15, 0.2) is 60.7 Å². The molecule has 0 spiro atoms. The first-order chi connectivity index (χ1) is 11.1. The van der Waals surface area contributed by atoms with Gasteiger partial charge in [0.1, 0.15) is 0 Å². The molecule has 2 rings (SSSR count). The first kappa shape index (κ1) is 16.7. The van der Waals surface area contributed by atoms with Crippen molar-refractivity contribution < 1.29 is 14.5 Å². The lowest BCUT2D eigenvalue weighted by molar-refractivity contribution is -0.522. The number of ether oxygens (including phenoxy) is 1. The van der Waals surface area contributed by atoms with Gasteiger partial charge in [-0.2, -0.15) is 0 Å². The second-order valence-electron chi connectivity index (χ2n) is 5.37. The minimum atomic E-state index is -0.929. The molecule has 0 saturated carbocycles. The number of hydrogen-bond acceptors (Lipinski definition) is 4. The average Bonchev–Trinajstić information content (AvgIpc) is 2.59. The second kappa shape index (κ2) is 7.54. The van der Waals surface area contributed by atoms with Crippen LogP contribution in [0.5, 0.6) is 0 Å². The van der Waals surface area contributed by atoms with E-state index in [1.807, 2.05) is 48.5 Å². The van der Waals surface area contributed by atoms with Gasteiger partial charge in [0.05, 0.1) is 18.9 Å². The summed E-state index contributed by atoms with van der Waals surface area (Å²) >= 11 is 0. The lowest BCUT2D eigenvalue weighted by Crippen LogP contribution is -2.33. The summed E-state index contributed by atoms with van der Waals surface area (Å²) in [6, 6.07) is 17.2. The summed E-state index contributed by atoms with van der Waals surface area (Å²) in [5.74, 6) is -1.82. The molecule has 0 saturated heterocycles. The highest BCUT2D eigenvalue weighted by atomic mass is 16.6. The molecule has 120 valence electrons. The van der Waals surface area contributed by atoms with E-state index in [2.05, 4.69) is 0 Å². The van der Waals surface area contributed by atoms with E-state index in [0.29, 0.717) is 5.56 Å². The van der Waals surface area contributed by atoms with Gasteiger partial charge < -0.3 is 4.74 Å². The molecular formula is C18H19NO4. The maximum absolute atomic E-state index is 12.4. The number of hydrogen-bond donors (Lipinski definition) is 0. The van der Waals surface area contributed by atoms with Gasteiger partial charge in [-0.15, -0.1) is 0 Å². The zero-order chi connectivity index (χ0) is 16.8. The number of benzene rings is 2. The Morgan fingerprint density at radius 3 is 1.91 bits per heavy atom. The Labute approximate surface area is 135 Å². The zero-order valence-corrected chi connectivity index (χ0v) is 13.1. The van der Waals surface area contributed by atoms with E-state index < -0.39 is 23.8 Å². The number of carbonyl (C=O) groups is 1. The van der Waals surface area contributed by atoms with Crippen LogP contribution < -0.4 is 0 Å². The maximum Gasteiger partial charge on any atom is 0.314 e. The normalized spacial score (nSPS) is 14.5. The minimum Gasteiger partial charge on any atom is -0.469 e. The van der Waals surface area contributed by atoms with Crippen LogP contribution in [0, 0.1) is 10.1 Å². The molecule has 0 aromatic heterocycles. The van der Waals surface area contributed by atoms with Gasteiger partial charge in [0.25, 0.3) is 0 Å². The smallest absolute Gasteiger partial charge is 0.314 e. The number of nitrogens with zero attached hydrogens (tertiary/aromatic N) is 1. The molecule has 0 amide bonds. The quantitative estimate of drug-likeness (QED) is 0.465. The van der Waals surface area contributed by atoms with Crippen molar-refractivity contribution in [1.29, 1.82) is 0 Å². The van der Waals surface area contributed by atoms with Crippen LogP contribution in [-0.2, 0) is 9.53 Å². The Bertz CT molecular complexity index is 657. The van der Waals surface area contributed by atoms with Crippen LogP contribution in [0.25, 0.3) is 0 Å². The van der Waals surface area contributed by atoms with Crippen molar-refractivity contribution in [2.75, 3.05) is 7.11 Å². The fourth-order valence-corrected chi connectivity index (χ4v) is 2.83. The van der Waals surface area contributed by atoms with Crippen LogP contribution >= 0.6 is 0 Å². The third-order valence-corrected chi connectivity index (χ3v) is 4.01. The molecule has 2 aromatic carbocycles. The molecule has 2 aromatic rings. The van der Waals surface area contributed by atoms with Crippen LogP contribution in [0.2, 0.25) is 0 Å². The van der Waals surface area contributed by atoms with Gasteiger partial charge in [-0.1, -0.05) is 60.7 Å². The monoisotopic (exact) mass is 313 g/mol. The molecule has 0 aliphatic rings. The van der Waals surface area contributed by atoms with E-state index in [1.54, 1.807) is 12.1 Å². The standard InChI is InChI=1S/C18H19NO4/c1-13(19(21)22)16(14-9-5-3-6-10-14)17(18(20)23-2)15-11-7-4-8-12-15/h3-13,16-17H,1-2H3/t13?,16-,17-/m0/s1. The first-order valence-electron chi connectivity index (χ1n) is 7.37. The molecule has 5 nitrogen and oxygen atoms in total. The van der Waals surface area contributed by atoms with Gasteiger partial charge in [-0.05, 0) is 11.1 Å². The van der Waals surface area contributed by atoms with Crippen molar-refractivity contribution >= 4 is 5.97 Å². The molecule has 0 N–H and O–H groups in total. The molecule has 0 bridgehead atoms. The summed E-state index contributed by atoms with van der Waals surface area (Å²) in [6.45, 7) is 1.52. The molecule has 3 atom stereocenters. The van der Waals surface area contributed by atoms with Gasteiger partial charge in [0, 0.05) is 11.8 Å². The Balaban J connectivity index is 2.57. The fraction of sp³-hybridized carbons (Fsp3) is 0.278. The SMILES string of the molecule is COC(=O)[C@@H](c1ccccc1)[C@H](c1ccccc1)C(C)[N+](=O)[O-]. The number of nitro groups is 1. The lowest BCUT2D eigenvalue weighted by atomic mass is 9.77. The fourth-order valence-electron chi connectivity index (χ4n) is 2.83. The van der Waals surface area contributed by atoms with Crippen LogP contribution in [0.4, 0.5) is 0 Å². The molecule has 23 heavy (non-hydrogen) atoms. The van der Waals surface area contributed by atoms with Crippen molar-refractivity contribution in [2.45, 2.75) is 24.8 Å². The highest BCUT2D eigenvalue weighted by Crippen LogP contribution is 2.37. The number of rotatable bonds is 6. The van der Waals surface area contributed by atoms with Gasteiger partial charge in [-0.3, -0.25) is 14.9 Å². The lowest BCUT2D eigenvalue weighted by Gasteiger charge is -2.26. The zero-order valence-electron chi connectivity index (χ0n) is 13.1. The van der Waals surface area contributed by atoms with Crippen LogP contribution in [-0.4, -0.2) is 24.0 Å². The van der Waals surface area contributed by atoms with E-state index >= 15 is 0 Å². The summed E-state index contributed by atoms with van der Waals surface area (Å²) in [7, 11) is 1.30. The molecule has 0 aliphatic heterocycles. The van der Waals surface area contributed by atoms with Crippen molar-refractivity contribution in [1.82, 2.24) is 0 Å². The highest BCUT2D eigenvalue weighted by Gasteiger charge is 2.40. The molecule has 0 heterocycles. The van der Waals surface area contributed by atoms with Gasteiger partial charge >= 0.3 is 5.97 Å². The van der Waals surface area contributed by atoms with Crippen molar-refractivity contribution in [2.24, 2.45) is 0 Å². The number of carbonyl (C=O) groups excluding carboxylic acids is 1. The van der Waals surface area contributed by atoms with E-state index in [9.17, 15) is 14.9 Å². The number of esters is 1. The van der Waals surface area contributed by atoms with Gasteiger partial charge in [0.2, 0.25) is 6.04 Å². The molecule has 0 fully saturated rings. The van der Waals surface area contributed by atoms with Gasteiger partial charge in [-0.25, -0.2) is 0 Å². The number of methoxy groups -OCH3 is 1. The molecule has 5 heteroatoms. The van der Waals surface area contributed by atoms with E-state index in [0.717, 1.165) is 5.56 Å². The van der Waals surface area contributed by atoms with Crippen molar-refractivity contribution in [3.8, 4) is 0 Å². The highest BCUT2D eigenvalue weighted by molar-refractivity contribution is 5.79. The summed E-state index contributed by atoms with van der Waals surface area (Å²) in [4.78, 5) is 23.5. The predicted molar refractivity (Wildman–Crippen MR) is 86.8 cm³/mol. The average molecular weight is 313 g/mol. The Hall–Kier alpha value is -2.69. The Morgan fingerprint density at radius 2 is 1.48 bits per heavy atom. The summed E-state index contributed by atoms with van der Waals surface area (Å²) in [6.07, 6.45) is 0. The Kier molecular flexibility index (Phi) is 5.46. The summed E-state index contributed by atoms with van der Waals surface area (Å²) in [5.41, 5.74) is 1.46. The van der Waals surface area contributed by atoms with E-state index in [4.69, 9.17) is 4.74 Å². The molecule has 1 unspecified atom stereocenters. The van der Waals surface area contributed by atoms with Crippen LogP contribution in [0.1, 0.15) is 29.9 Å². The van der Waals surface area contributed by atoms with E-state index in [-0.39, 0.29) is 4.92 Å². The van der Waals surface area contributed by atoms with Gasteiger partial charge in [0.15, 0.2) is 0 Å². The summed E-state index contributed by atoms with van der Waals surface area (Å²) in [5, 5.41) is 11.4. The molecule has 0 aliphatic carbocycles.